The minimum absolute atomic E-state index is 0.0743. The molecule has 0 saturated carbocycles. The lowest BCUT2D eigenvalue weighted by atomic mass is 9.97. The Hall–Kier alpha value is -2.01. The van der Waals surface area contributed by atoms with Crippen molar-refractivity contribution in [3.8, 4) is 5.75 Å². The molecule has 0 N–H and O–H groups in total. The molecule has 0 atom stereocenters. The topological polar surface area (TPSA) is 26.3 Å². The Morgan fingerprint density at radius 3 is 2.36 bits per heavy atom. The summed E-state index contributed by atoms with van der Waals surface area (Å²) in [5.41, 5.74) is -0.651. The van der Waals surface area contributed by atoms with Crippen molar-refractivity contribution in [3.63, 3.8) is 0 Å². The first-order valence-corrected chi connectivity index (χ1v) is 6.68. The van der Waals surface area contributed by atoms with Gasteiger partial charge in [-0.3, -0.25) is 4.79 Å². The van der Waals surface area contributed by atoms with Crippen LogP contribution in [0.25, 0.3) is 0 Å². The number of hydrogen-bond acceptors (Lipinski definition) is 2. The molecule has 0 aromatic heterocycles. The van der Waals surface area contributed by atoms with Gasteiger partial charge in [0, 0.05) is 16.1 Å². The Labute approximate surface area is 130 Å². The molecule has 0 heterocycles. The molecule has 2 rings (SSSR count). The molecule has 0 aliphatic heterocycles. The molecule has 6 heteroatoms. The number of methoxy groups -OCH3 is 1. The number of carbonyl (C=O) groups excluding carboxylic acids is 1. The van der Waals surface area contributed by atoms with E-state index in [2.05, 4.69) is 0 Å². The Kier molecular flexibility index (Phi) is 4.47. The average molecular weight is 329 g/mol. The SMILES string of the molecule is COc1ccc(C(=O)c2ccc(Cl)cc2C(F)(F)F)cc1C. The summed E-state index contributed by atoms with van der Waals surface area (Å²) in [7, 11) is 1.48. The molecule has 0 unspecified atom stereocenters. The van der Waals surface area contributed by atoms with Gasteiger partial charge in [-0.05, 0) is 48.9 Å². The molecule has 0 saturated heterocycles. The number of halogens is 4. The summed E-state index contributed by atoms with van der Waals surface area (Å²) in [5, 5.41) is -0.0743. The van der Waals surface area contributed by atoms with E-state index >= 15 is 0 Å². The van der Waals surface area contributed by atoms with E-state index in [1.165, 1.54) is 25.3 Å². The first-order valence-electron chi connectivity index (χ1n) is 6.30. The number of ketones is 1. The predicted octanol–water partition coefficient (Wildman–Crippen LogP) is 4.91. The first-order chi connectivity index (χ1) is 10.2. The number of rotatable bonds is 3. The Balaban J connectivity index is 2.52. The third-order valence-electron chi connectivity index (χ3n) is 3.19. The van der Waals surface area contributed by atoms with E-state index in [0.717, 1.165) is 12.1 Å². The average Bonchev–Trinajstić information content (AvgIpc) is 2.45. The van der Waals surface area contributed by atoms with E-state index in [1.54, 1.807) is 13.0 Å². The molecule has 0 aliphatic rings. The van der Waals surface area contributed by atoms with Gasteiger partial charge in [-0.15, -0.1) is 0 Å². The highest BCUT2D eigenvalue weighted by Crippen LogP contribution is 2.35. The van der Waals surface area contributed by atoms with Gasteiger partial charge in [-0.2, -0.15) is 13.2 Å². The zero-order valence-corrected chi connectivity index (χ0v) is 12.5. The first kappa shape index (κ1) is 16.4. The van der Waals surface area contributed by atoms with Crippen molar-refractivity contribution in [1.29, 1.82) is 0 Å². The molecular formula is C16H12ClF3O2. The molecule has 22 heavy (non-hydrogen) atoms. The van der Waals surface area contributed by atoms with Crippen LogP contribution in [0.15, 0.2) is 36.4 Å². The van der Waals surface area contributed by atoms with Crippen molar-refractivity contribution >= 4 is 17.4 Å². The smallest absolute Gasteiger partial charge is 0.417 e. The highest BCUT2D eigenvalue weighted by molar-refractivity contribution is 6.30. The van der Waals surface area contributed by atoms with E-state index in [9.17, 15) is 18.0 Å². The van der Waals surface area contributed by atoms with Gasteiger partial charge in [0.05, 0.1) is 12.7 Å². The van der Waals surface area contributed by atoms with Crippen molar-refractivity contribution in [2.45, 2.75) is 13.1 Å². The Morgan fingerprint density at radius 1 is 1.14 bits per heavy atom. The van der Waals surface area contributed by atoms with Gasteiger partial charge in [0.15, 0.2) is 5.78 Å². The van der Waals surface area contributed by atoms with Gasteiger partial charge >= 0.3 is 6.18 Å². The zero-order valence-electron chi connectivity index (χ0n) is 11.8. The van der Waals surface area contributed by atoms with E-state index in [4.69, 9.17) is 16.3 Å². The fourth-order valence-electron chi connectivity index (χ4n) is 2.12. The Morgan fingerprint density at radius 2 is 1.82 bits per heavy atom. The second-order valence-corrected chi connectivity index (χ2v) is 5.14. The summed E-state index contributed by atoms with van der Waals surface area (Å²) < 4.78 is 44.3. The molecule has 116 valence electrons. The highest BCUT2D eigenvalue weighted by Gasteiger charge is 2.35. The quantitative estimate of drug-likeness (QED) is 0.749. The van der Waals surface area contributed by atoms with Gasteiger partial charge in [0.2, 0.25) is 0 Å². The monoisotopic (exact) mass is 328 g/mol. The minimum Gasteiger partial charge on any atom is -0.496 e. The van der Waals surface area contributed by atoms with E-state index < -0.39 is 23.1 Å². The maximum Gasteiger partial charge on any atom is 0.417 e. The molecular weight excluding hydrogens is 317 g/mol. The summed E-state index contributed by atoms with van der Waals surface area (Å²) >= 11 is 5.61. The molecule has 0 bridgehead atoms. The number of carbonyl (C=O) groups is 1. The predicted molar refractivity (Wildman–Crippen MR) is 77.6 cm³/mol. The third-order valence-corrected chi connectivity index (χ3v) is 3.42. The van der Waals surface area contributed by atoms with Crippen LogP contribution in [0.5, 0.6) is 5.75 Å². The van der Waals surface area contributed by atoms with E-state index in [-0.39, 0.29) is 10.6 Å². The second kappa shape index (κ2) is 6.01. The molecule has 0 amide bonds. The van der Waals surface area contributed by atoms with Crippen LogP contribution in [0.1, 0.15) is 27.0 Å². The van der Waals surface area contributed by atoms with Crippen LogP contribution in [-0.2, 0) is 6.18 Å². The van der Waals surface area contributed by atoms with Crippen molar-refractivity contribution in [1.82, 2.24) is 0 Å². The summed E-state index contributed by atoms with van der Waals surface area (Å²) in [6, 6.07) is 7.59. The van der Waals surface area contributed by atoms with Crippen LogP contribution in [0.4, 0.5) is 13.2 Å². The fraction of sp³-hybridized carbons (Fsp3) is 0.188. The number of hydrogen-bond donors (Lipinski definition) is 0. The number of benzene rings is 2. The van der Waals surface area contributed by atoms with Crippen molar-refractivity contribution in [2.75, 3.05) is 7.11 Å². The molecule has 0 aliphatic carbocycles. The fourth-order valence-corrected chi connectivity index (χ4v) is 2.30. The number of aryl methyl sites for hydroxylation is 1. The van der Waals surface area contributed by atoms with Crippen LogP contribution in [-0.4, -0.2) is 12.9 Å². The molecule has 2 nitrogen and oxygen atoms in total. The largest absolute Gasteiger partial charge is 0.496 e. The number of alkyl halides is 3. The molecule has 0 fully saturated rings. The van der Waals surface area contributed by atoms with Crippen LogP contribution in [0, 0.1) is 6.92 Å². The molecule has 2 aromatic carbocycles. The standard InChI is InChI=1S/C16H12ClF3O2/c1-9-7-10(3-6-14(9)22-2)15(21)12-5-4-11(17)8-13(12)16(18,19)20/h3-8H,1-2H3. The summed E-state index contributed by atoms with van der Waals surface area (Å²) in [6.07, 6.45) is -4.66. The zero-order chi connectivity index (χ0) is 16.5. The van der Waals surface area contributed by atoms with Crippen molar-refractivity contribution in [3.05, 3.63) is 63.7 Å². The Bertz CT molecular complexity index is 724. The van der Waals surface area contributed by atoms with Crippen LogP contribution in [0.3, 0.4) is 0 Å². The second-order valence-electron chi connectivity index (χ2n) is 4.70. The van der Waals surface area contributed by atoms with Gasteiger partial charge in [0.25, 0.3) is 0 Å². The molecule has 2 aromatic rings. The highest BCUT2D eigenvalue weighted by atomic mass is 35.5. The summed E-state index contributed by atoms with van der Waals surface area (Å²) in [4.78, 5) is 12.4. The van der Waals surface area contributed by atoms with Gasteiger partial charge in [0.1, 0.15) is 5.75 Å². The lowest BCUT2D eigenvalue weighted by Crippen LogP contribution is -2.14. The molecule has 0 radical (unpaired) electrons. The van der Waals surface area contributed by atoms with Crippen molar-refractivity contribution in [2.24, 2.45) is 0 Å². The molecule has 0 spiro atoms. The third kappa shape index (κ3) is 3.25. The van der Waals surface area contributed by atoms with Crippen LogP contribution < -0.4 is 4.74 Å². The van der Waals surface area contributed by atoms with Gasteiger partial charge in [-0.1, -0.05) is 11.6 Å². The lowest BCUT2D eigenvalue weighted by molar-refractivity contribution is -0.137. The van der Waals surface area contributed by atoms with E-state index in [1.807, 2.05) is 0 Å². The lowest BCUT2D eigenvalue weighted by Gasteiger charge is -2.13. The van der Waals surface area contributed by atoms with Gasteiger partial charge in [-0.25, -0.2) is 0 Å². The minimum atomic E-state index is -4.66. The van der Waals surface area contributed by atoms with Crippen molar-refractivity contribution < 1.29 is 22.7 Å². The number of ether oxygens (including phenoxy) is 1. The normalized spacial score (nSPS) is 11.4. The summed E-state index contributed by atoms with van der Waals surface area (Å²) in [6.45, 7) is 1.71. The maximum absolute atomic E-state index is 13.1. The maximum atomic E-state index is 13.1. The van der Waals surface area contributed by atoms with E-state index in [0.29, 0.717) is 11.3 Å². The van der Waals surface area contributed by atoms with Crippen LogP contribution in [0.2, 0.25) is 5.02 Å². The van der Waals surface area contributed by atoms with Crippen LogP contribution >= 0.6 is 11.6 Å². The van der Waals surface area contributed by atoms with Gasteiger partial charge < -0.3 is 4.74 Å². The summed E-state index contributed by atoms with van der Waals surface area (Å²) in [5.74, 6) is -0.154.